The van der Waals surface area contributed by atoms with Gasteiger partial charge in [-0.3, -0.25) is 0 Å². The van der Waals surface area contributed by atoms with Crippen LogP contribution >= 0.6 is 18.5 Å². The van der Waals surface area contributed by atoms with Gasteiger partial charge >= 0.3 is 0 Å². The molecule has 18 heavy (non-hydrogen) atoms. The molecule has 0 radical (unpaired) electrons. The molecule has 0 aliphatic heterocycles. The Morgan fingerprint density at radius 2 is 1.83 bits per heavy atom. The monoisotopic (exact) mass is 282 g/mol. The Hall–Kier alpha value is 0. The summed E-state index contributed by atoms with van der Waals surface area (Å²) in [4.78, 5) is 0. The van der Waals surface area contributed by atoms with Crippen molar-refractivity contribution in [1.82, 2.24) is 0 Å². The SMILES string of the molecule is CCP(C)SCC(c1ccc(C)c(C)c1)C(C)C. The van der Waals surface area contributed by atoms with E-state index in [1.165, 1.54) is 28.6 Å². The molecule has 0 saturated carbocycles. The summed E-state index contributed by atoms with van der Waals surface area (Å²) in [6, 6.07) is 7.00. The molecule has 0 aromatic heterocycles. The van der Waals surface area contributed by atoms with Crippen molar-refractivity contribution in [2.75, 3.05) is 18.6 Å². The average Bonchev–Trinajstić information content (AvgIpc) is 2.33. The Morgan fingerprint density at radius 3 is 2.33 bits per heavy atom. The molecule has 1 rings (SSSR count). The molecule has 0 nitrogen and oxygen atoms in total. The first-order valence-corrected chi connectivity index (χ1v) is 10.4. The van der Waals surface area contributed by atoms with E-state index in [0.29, 0.717) is 5.92 Å². The van der Waals surface area contributed by atoms with E-state index in [4.69, 9.17) is 0 Å². The maximum Gasteiger partial charge on any atom is 0.00456 e. The quantitative estimate of drug-likeness (QED) is 0.592. The first kappa shape index (κ1) is 16.1. The third-order valence-corrected chi connectivity index (χ3v) is 8.07. The summed E-state index contributed by atoms with van der Waals surface area (Å²) in [5, 5.41) is 0. The Balaban J connectivity index is 2.80. The number of benzene rings is 1. The summed E-state index contributed by atoms with van der Waals surface area (Å²) in [5.41, 5.74) is 4.36. The smallest absolute Gasteiger partial charge is 0.00456 e. The van der Waals surface area contributed by atoms with Crippen molar-refractivity contribution in [1.29, 1.82) is 0 Å². The van der Waals surface area contributed by atoms with E-state index in [-0.39, 0.29) is 7.12 Å². The Labute approximate surface area is 118 Å². The molecular weight excluding hydrogens is 255 g/mol. The normalized spacial score (nSPS) is 14.8. The van der Waals surface area contributed by atoms with Gasteiger partial charge in [-0.15, -0.1) is 11.4 Å². The zero-order chi connectivity index (χ0) is 13.7. The third-order valence-electron chi connectivity index (χ3n) is 3.68. The van der Waals surface area contributed by atoms with E-state index in [1.54, 1.807) is 0 Å². The molecule has 102 valence electrons. The molecule has 0 aliphatic carbocycles. The molecule has 0 saturated heterocycles. The standard InChI is InChI=1S/C16H27PS/c1-7-17(6)18-11-16(12(2)3)15-9-8-13(4)14(5)10-15/h8-10,12,16H,7,11H2,1-6H3. The van der Waals surface area contributed by atoms with Gasteiger partial charge in [-0.25, -0.2) is 0 Å². The fourth-order valence-electron chi connectivity index (χ4n) is 1.97. The van der Waals surface area contributed by atoms with E-state index in [9.17, 15) is 0 Å². The summed E-state index contributed by atoms with van der Waals surface area (Å²) >= 11 is 2.18. The largest absolute Gasteiger partial charge is 0.134 e. The van der Waals surface area contributed by atoms with E-state index in [0.717, 1.165) is 5.92 Å². The van der Waals surface area contributed by atoms with E-state index < -0.39 is 0 Å². The van der Waals surface area contributed by atoms with Crippen molar-refractivity contribution in [3.63, 3.8) is 0 Å². The third kappa shape index (κ3) is 4.59. The molecule has 0 heterocycles. The van der Waals surface area contributed by atoms with Gasteiger partial charge in [0, 0.05) is 5.75 Å². The minimum Gasteiger partial charge on any atom is -0.134 e. The van der Waals surface area contributed by atoms with Crippen LogP contribution in [0.4, 0.5) is 0 Å². The Morgan fingerprint density at radius 1 is 1.17 bits per heavy atom. The predicted octanol–water partition coefficient (Wildman–Crippen LogP) is 5.82. The van der Waals surface area contributed by atoms with E-state index in [1.807, 2.05) is 0 Å². The highest BCUT2D eigenvalue weighted by atomic mass is 32.7. The maximum atomic E-state index is 2.40. The lowest BCUT2D eigenvalue weighted by Gasteiger charge is -2.23. The Bertz CT molecular complexity index is 373. The van der Waals surface area contributed by atoms with Crippen LogP contribution in [0.15, 0.2) is 18.2 Å². The highest BCUT2D eigenvalue weighted by molar-refractivity contribution is 8.55. The molecule has 0 N–H and O–H groups in total. The van der Waals surface area contributed by atoms with Crippen molar-refractivity contribution >= 4 is 18.5 Å². The van der Waals surface area contributed by atoms with Crippen LogP contribution in [0.25, 0.3) is 0 Å². The van der Waals surface area contributed by atoms with Crippen LogP contribution in [0.2, 0.25) is 0 Å². The molecule has 0 bridgehead atoms. The fraction of sp³-hybridized carbons (Fsp3) is 0.625. The minimum atomic E-state index is 0.177. The number of rotatable bonds is 6. The van der Waals surface area contributed by atoms with Gasteiger partial charge in [0.1, 0.15) is 0 Å². The highest BCUT2D eigenvalue weighted by Crippen LogP contribution is 2.48. The first-order valence-electron chi connectivity index (χ1n) is 6.86. The highest BCUT2D eigenvalue weighted by Gasteiger charge is 2.17. The molecule has 0 amide bonds. The summed E-state index contributed by atoms with van der Waals surface area (Å²) < 4.78 is 0. The van der Waals surface area contributed by atoms with Gasteiger partial charge in [0.15, 0.2) is 0 Å². The zero-order valence-electron chi connectivity index (χ0n) is 12.7. The van der Waals surface area contributed by atoms with Crippen LogP contribution in [0.3, 0.4) is 0 Å². The zero-order valence-corrected chi connectivity index (χ0v) is 14.4. The topological polar surface area (TPSA) is 0 Å². The second-order valence-corrected chi connectivity index (χ2v) is 10.6. The number of hydrogen-bond donors (Lipinski definition) is 0. The lowest BCUT2D eigenvalue weighted by molar-refractivity contribution is 0.542. The van der Waals surface area contributed by atoms with Crippen molar-refractivity contribution in [2.45, 2.75) is 40.5 Å². The fourth-order valence-corrected chi connectivity index (χ4v) is 4.94. The average molecular weight is 282 g/mol. The Kier molecular flexibility index (Phi) is 6.74. The molecule has 2 atom stereocenters. The summed E-state index contributed by atoms with van der Waals surface area (Å²) in [6.45, 7) is 13.8. The van der Waals surface area contributed by atoms with Crippen molar-refractivity contribution in [3.8, 4) is 0 Å². The van der Waals surface area contributed by atoms with Gasteiger partial charge in [-0.1, -0.05) is 46.1 Å². The first-order chi connectivity index (χ1) is 8.45. The van der Waals surface area contributed by atoms with Crippen LogP contribution in [0, 0.1) is 19.8 Å². The van der Waals surface area contributed by atoms with E-state index in [2.05, 4.69) is 70.9 Å². The predicted molar refractivity (Wildman–Crippen MR) is 89.3 cm³/mol. The number of hydrogen-bond acceptors (Lipinski definition) is 1. The second kappa shape index (κ2) is 7.56. The lowest BCUT2D eigenvalue weighted by Crippen LogP contribution is -2.10. The van der Waals surface area contributed by atoms with Crippen LogP contribution < -0.4 is 0 Å². The molecular formula is C16H27PS. The van der Waals surface area contributed by atoms with Gasteiger partial charge in [0.25, 0.3) is 0 Å². The van der Waals surface area contributed by atoms with Gasteiger partial charge in [0.2, 0.25) is 0 Å². The summed E-state index contributed by atoms with van der Waals surface area (Å²) in [5.74, 6) is 2.70. The summed E-state index contributed by atoms with van der Waals surface area (Å²) in [6.07, 6.45) is 1.33. The van der Waals surface area contributed by atoms with E-state index >= 15 is 0 Å². The van der Waals surface area contributed by atoms with Crippen LogP contribution in [0.1, 0.15) is 43.4 Å². The maximum absolute atomic E-state index is 2.40. The van der Waals surface area contributed by atoms with Crippen LogP contribution in [-0.2, 0) is 0 Å². The molecule has 0 aliphatic rings. The molecule has 2 heteroatoms. The number of aryl methyl sites for hydroxylation is 2. The molecule has 0 spiro atoms. The lowest BCUT2D eigenvalue weighted by atomic mass is 9.88. The van der Waals surface area contributed by atoms with Gasteiger partial charge < -0.3 is 0 Å². The van der Waals surface area contributed by atoms with Crippen molar-refractivity contribution < 1.29 is 0 Å². The van der Waals surface area contributed by atoms with Gasteiger partial charge in [0.05, 0.1) is 0 Å². The van der Waals surface area contributed by atoms with Gasteiger partial charge in [-0.05, 0) is 55.2 Å². The molecule has 1 aromatic carbocycles. The molecule has 0 fully saturated rings. The molecule has 2 unspecified atom stereocenters. The van der Waals surface area contributed by atoms with Crippen LogP contribution in [0.5, 0.6) is 0 Å². The minimum absolute atomic E-state index is 0.177. The summed E-state index contributed by atoms with van der Waals surface area (Å²) in [7, 11) is 0.177. The molecule has 1 aromatic rings. The van der Waals surface area contributed by atoms with Crippen molar-refractivity contribution in [2.24, 2.45) is 5.92 Å². The van der Waals surface area contributed by atoms with Crippen molar-refractivity contribution in [3.05, 3.63) is 34.9 Å². The van der Waals surface area contributed by atoms with Gasteiger partial charge in [-0.2, -0.15) is 0 Å². The van der Waals surface area contributed by atoms with Crippen LogP contribution in [-0.4, -0.2) is 18.6 Å². The second-order valence-electron chi connectivity index (χ2n) is 5.43.